The summed E-state index contributed by atoms with van der Waals surface area (Å²) in [4.78, 5) is 0. The SMILES string of the molecule is CCCCCCC(C)N[C@H]1CC[C@](C)(O)CC1. The van der Waals surface area contributed by atoms with E-state index in [2.05, 4.69) is 19.2 Å². The predicted molar refractivity (Wildman–Crippen MR) is 74.2 cm³/mol. The van der Waals surface area contributed by atoms with Gasteiger partial charge in [-0.15, -0.1) is 0 Å². The first kappa shape index (κ1) is 15.0. The van der Waals surface area contributed by atoms with Crippen molar-refractivity contribution in [3.8, 4) is 0 Å². The third kappa shape index (κ3) is 6.42. The van der Waals surface area contributed by atoms with Crippen LogP contribution in [0.15, 0.2) is 0 Å². The fraction of sp³-hybridized carbons (Fsp3) is 1.00. The van der Waals surface area contributed by atoms with Crippen LogP contribution < -0.4 is 5.32 Å². The van der Waals surface area contributed by atoms with Crippen molar-refractivity contribution in [2.24, 2.45) is 0 Å². The fourth-order valence-corrected chi connectivity index (χ4v) is 2.77. The number of hydrogen-bond acceptors (Lipinski definition) is 2. The molecule has 2 heteroatoms. The van der Waals surface area contributed by atoms with Gasteiger partial charge in [-0.1, -0.05) is 32.6 Å². The van der Waals surface area contributed by atoms with Gasteiger partial charge >= 0.3 is 0 Å². The van der Waals surface area contributed by atoms with Gasteiger partial charge in [0.15, 0.2) is 0 Å². The molecule has 2 N–H and O–H groups in total. The molecule has 0 spiro atoms. The molecule has 2 nitrogen and oxygen atoms in total. The molecule has 0 radical (unpaired) electrons. The predicted octanol–water partition coefficient (Wildman–Crippen LogP) is 3.63. The molecule has 1 saturated carbocycles. The van der Waals surface area contributed by atoms with E-state index in [9.17, 15) is 5.11 Å². The molecule has 102 valence electrons. The second-order valence-corrected chi connectivity index (χ2v) is 6.19. The third-order valence-corrected chi connectivity index (χ3v) is 4.07. The molecule has 0 bridgehead atoms. The Bertz CT molecular complexity index is 193. The summed E-state index contributed by atoms with van der Waals surface area (Å²) in [6.07, 6.45) is 10.9. The number of hydrogen-bond donors (Lipinski definition) is 2. The standard InChI is InChI=1S/C15H31NO/c1-4-5-6-7-8-13(2)16-14-9-11-15(3,17)12-10-14/h13-14,16-17H,4-12H2,1-3H3/t13?,14-,15-. The van der Waals surface area contributed by atoms with Gasteiger partial charge in [0.1, 0.15) is 0 Å². The largest absolute Gasteiger partial charge is 0.390 e. The van der Waals surface area contributed by atoms with Crippen LogP contribution in [0.3, 0.4) is 0 Å². The van der Waals surface area contributed by atoms with E-state index >= 15 is 0 Å². The Kier molecular flexibility index (Phi) is 6.50. The number of nitrogens with one attached hydrogen (secondary N) is 1. The van der Waals surface area contributed by atoms with Crippen molar-refractivity contribution < 1.29 is 5.11 Å². The van der Waals surface area contributed by atoms with Gasteiger partial charge in [-0.3, -0.25) is 0 Å². The normalized spacial score (nSPS) is 31.4. The van der Waals surface area contributed by atoms with Gasteiger partial charge in [-0.2, -0.15) is 0 Å². The van der Waals surface area contributed by atoms with Crippen LogP contribution in [-0.2, 0) is 0 Å². The average Bonchev–Trinajstić information content (AvgIpc) is 2.28. The minimum absolute atomic E-state index is 0.400. The molecule has 0 aromatic heterocycles. The maximum atomic E-state index is 9.90. The second-order valence-electron chi connectivity index (χ2n) is 6.19. The van der Waals surface area contributed by atoms with Crippen molar-refractivity contribution in [2.45, 2.75) is 96.2 Å². The Morgan fingerprint density at radius 1 is 1.24 bits per heavy atom. The maximum absolute atomic E-state index is 9.90. The van der Waals surface area contributed by atoms with Gasteiger partial charge in [0, 0.05) is 12.1 Å². The van der Waals surface area contributed by atoms with E-state index in [1.807, 2.05) is 6.92 Å². The highest BCUT2D eigenvalue weighted by molar-refractivity contribution is 4.85. The van der Waals surface area contributed by atoms with Crippen molar-refractivity contribution in [1.82, 2.24) is 5.32 Å². The Hall–Kier alpha value is -0.0800. The van der Waals surface area contributed by atoms with Crippen LogP contribution >= 0.6 is 0 Å². The molecule has 0 aliphatic heterocycles. The first-order valence-corrected chi connectivity index (χ1v) is 7.52. The summed E-state index contributed by atoms with van der Waals surface area (Å²) in [7, 11) is 0. The molecule has 1 unspecified atom stereocenters. The van der Waals surface area contributed by atoms with E-state index in [4.69, 9.17) is 0 Å². The molecule has 0 heterocycles. The molecule has 1 aliphatic carbocycles. The van der Waals surface area contributed by atoms with E-state index in [0.717, 1.165) is 25.7 Å². The highest BCUT2D eigenvalue weighted by atomic mass is 16.3. The molecule has 0 saturated heterocycles. The summed E-state index contributed by atoms with van der Waals surface area (Å²) >= 11 is 0. The Morgan fingerprint density at radius 2 is 1.88 bits per heavy atom. The van der Waals surface area contributed by atoms with Gasteiger partial charge < -0.3 is 10.4 Å². The number of aliphatic hydroxyl groups is 1. The molecule has 0 aromatic carbocycles. The zero-order valence-electron chi connectivity index (χ0n) is 12.0. The Labute approximate surface area is 107 Å². The quantitative estimate of drug-likeness (QED) is 0.667. The Morgan fingerprint density at radius 3 is 2.47 bits per heavy atom. The summed E-state index contributed by atoms with van der Waals surface area (Å²) in [5.74, 6) is 0. The number of unbranched alkanes of at least 4 members (excludes halogenated alkanes) is 3. The highest BCUT2D eigenvalue weighted by Crippen LogP contribution is 2.28. The van der Waals surface area contributed by atoms with Crippen molar-refractivity contribution >= 4 is 0 Å². The second kappa shape index (κ2) is 7.38. The third-order valence-electron chi connectivity index (χ3n) is 4.07. The van der Waals surface area contributed by atoms with E-state index < -0.39 is 5.60 Å². The smallest absolute Gasteiger partial charge is 0.0621 e. The van der Waals surface area contributed by atoms with Gasteiger partial charge in [0.2, 0.25) is 0 Å². The lowest BCUT2D eigenvalue weighted by Crippen LogP contribution is -2.43. The topological polar surface area (TPSA) is 32.3 Å². The average molecular weight is 241 g/mol. The van der Waals surface area contributed by atoms with E-state index in [1.54, 1.807) is 0 Å². The molecule has 0 amide bonds. The van der Waals surface area contributed by atoms with Crippen molar-refractivity contribution in [3.05, 3.63) is 0 Å². The highest BCUT2D eigenvalue weighted by Gasteiger charge is 2.28. The van der Waals surface area contributed by atoms with E-state index in [-0.39, 0.29) is 0 Å². The Balaban J connectivity index is 2.08. The first-order chi connectivity index (χ1) is 8.03. The van der Waals surface area contributed by atoms with Crippen LogP contribution in [0.2, 0.25) is 0 Å². The molecule has 0 aromatic rings. The van der Waals surface area contributed by atoms with Crippen LogP contribution in [0.1, 0.15) is 78.6 Å². The zero-order chi connectivity index (χ0) is 12.7. The van der Waals surface area contributed by atoms with Crippen LogP contribution in [0.4, 0.5) is 0 Å². The zero-order valence-corrected chi connectivity index (χ0v) is 12.0. The number of rotatable bonds is 7. The van der Waals surface area contributed by atoms with Gasteiger partial charge in [-0.25, -0.2) is 0 Å². The monoisotopic (exact) mass is 241 g/mol. The molecule has 1 rings (SSSR count). The van der Waals surface area contributed by atoms with Crippen molar-refractivity contribution in [3.63, 3.8) is 0 Å². The van der Waals surface area contributed by atoms with Gasteiger partial charge in [-0.05, 0) is 46.0 Å². The molecular weight excluding hydrogens is 210 g/mol. The van der Waals surface area contributed by atoms with E-state index in [0.29, 0.717) is 12.1 Å². The van der Waals surface area contributed by atoms with Crippen molar-refractivity contribution in [2.75, 3.05) is 0 Å². The molecule has 1 aliphatic rings. The van der Waals surface area contributed by atoms with Crippen molar-refractivity contribution in [1.29, 1.82) is 0 Å². The lowest BCUT2D eigenvalue weighted by molar-refractivity contribution is 0.0130. The molecular formula is C15H31NO. The van der Waals surface area contributed by atoms with Gasteiger partial charge in [0.25, 0.3) is 0 Å². The molecule has 1 fully saturated rings. The minimum atomic E-state index is -0.400. The summed E-state index contributed by atoms with van der Waals surface area (Å²) in [5.41, 5.74) is -0.400. The van der Waals surface area contributed by atoms with Gasteiger partial charge in [0.05, 0.1) is 5.60 Å². The van der Waals surface area contributed by atoms with Crippen LogP contribution in [0.5, 0.6) is 0 Å². The van der Waals surface area contributed by atoms with Crippen LogP contribution in [-0.4, -0.2) is 22.8 Å². The minimum Gasteiger partial charge on any atom is -0.390 e. The lowest BCUT2D eigenvalue weighted by atomic mass is 9.83. The summed E-state index contributed by atoms with van der Waals surface area (Å²) in [6.45, 7) is 6.53. The van der Waals surface area contributed by atoms with Crippen LogP contribution in [0.25, 0.3) is 0 Å². The lowest BCUT2D eigenvalue weighted by Gasteiger charge is -2.35. The first-order valence-electron chi connectivity index (χ1n) is 7.52. The molecule has 17 heavy (non-hydrogen) atoms. The maximum Gasteiger partial charge on any atom is 0.0621 e. The summed E-state index contributed by atoms with van der Waals surface area (Å²) < 4.78 is 0. The van der Waals surface area contributed by atoms with E-state index in [1.165, 1.54) is 32.1 Å². The summed E-state index contributed by atoms with van der Waals surface area (Å²) in [6, 6.07) is 1.27. The fourth-order valence-electron chi connectivity index (χ4n) is 2.77. The van der Waals surface area contributed by atoms with Crippen LogP contribution in [0, 0.1) is 0 Å². The summed E-state index contributed by atoms with van der Waals surface area (Å²) in [5, 5.41) is 13.6. The molecule has 1 atom stereocenters.